The molecule has 0 radical (unpaired) electrons. The number of para-hydroxylation sites is 1. The van der Waals surface area contributed by atoms with E-state index in [1.807, 2.05) is 29.2 Å². The van der Waals surface area contributed by atoms with E-state index in [0.717, 1.165) is 24.3 Å². The molecule has 1 fully saturated rings. The number of nitrogens with two attached hydrogens (primary N) is 1. The van der Waals surface area contributed by atoms with Gasteiger partial charge in [-0.2, -0.15) is 0 Å². The summed E-state index contributed by atoms with van der Waals surface area (Å²) in [5.41, 5.74) is 7.67. The van der Waals surface area contributed by atoms with Crippen LogP contribution in [0.15, 0.2) is 24.3 Å². The van der Waals surface area contributed by atoms with Crippen molar-refractivity contribution in [2.75, 3.05) is 58.7 Å². The highest BCUT2D eigenvalue weighted by Gasteiger charge is 2.22. The maximum absolute atomic E-state index is 12.4. The SMILES string of the molecule is COCCNC(=O)CN1CCN(C(=O)CCc2ccccc2N)CC1.Cl.Cl. The van der Waals surface area contributed by atoms with Crippen LogP contribution < -0.4 is 11.1 Å². The number of piperazine rings is 1. The number of amides is 2. The van der Waals surface area contributed by atoms with Crippen molar-refractivity contribution in [1.82, 2.24) is 15.1 Å². The Kier molecular flexibility index (Phi) is 12.8. The van der Waals surface area contributed by atoms with Gasteiger partial charge in [0, 0.05) is 51.9 Å². The minimum atomic E-state index is -0.00335. The highest BCUT2D eigenvalue weighted by atomic mass is 35.5. The van der Waals surface area contributed by atoms with Crippen LogP contribution in [0.3, 0.4) is 0 Å². The molecule has 9 heteroatoms. The molecule has 0 bridgehead atoms. The second kappa shape index (κ2) is 13.6. The number of hydrogen-bond acceptors (Lipinski definition) is 5. The summed E-state index contributed by atoms with van der Waals surface area (Å²) in [4.78, 5) is 28.1. The molecule has 2 amide bonds. The van der Waals surface area contributed by atoms with Gasteiger partial charge in [-0.15, -0.1) is 24.8 Å². The summed E-state index contributed by atoms with van der Waals surface area (Å²) in [6.07, 6.45) is 1.12. The minimum absolute atomic E-state index is 0. The molecule has 1 heterocycles. The maximum Gasteiger partial charge on any atom is 0.234 e. The molecular formula is C18H30Cl2N4O3. The Morgan fingerprint density at radius 2 is 1.81 bits per heavy atom. The first-order valence-corrected chi connectivity index (χ1v) is 8.69. The third-order valence-corrected chi connectivity index (χ3v) is 4.38. The zero-order chi connectivity index (χ0) is 18.1. The largest absolute Gasteiger partial charge is 0.399 e. The summed E-state index contributed by atoms with van der Waals surface area (Å²) in [5.74, 6) is 0.142. The molecule has 0 atom stereocenters. The van der Waals surface area contributed by atoms with Crippen molar-refractivity contribution in [1.29, 1.82) is 0 Å². The van der Waals surface area contributed by atoms with Crippen molar-refractivity contribution in [2.45, 2.75) is 12.8 Å². The molecule has 0 saturated carbocycles. The van der Waals surface area contributed by atoms with Gasteiger partial charge < -0.3 is 20.7 Å². The number of carbonyl (C=O) groups is 2. The van der Waals surface area contributed by atoms with Gasteiger partial charge in [-0.25, -0.2) is 0 Å². The Bertz CT molecular complexity index is 581. The number of halogens is 2. The van der Waals surface area contributed by atoms with E-state index in [1.165, 1.54) is 0 Å². The van der Waals surface area contributed by atoms with E-state index in [1.54, 1.807) is 7.11 Å². The van der Waals surface area contributed by atoms with E-state index in [4.69, 9.17) is 10.5 Å². The lowest BCUT2D eigenvalue weighted by atomic mass is 10.1. The number of benzene rings is 1. The lowest BCUT2D eigenvalue weighted by molar-refractivity contribution is -0.133. The van der Waals surface area contributed by atoms with Crippen LogP contribution in [0.5, 0.6) is 0 Å². The van der Waals surface area contributed by atoms with Crippen LogP contribution >= 0.6 is 24.8 Å². The number of ether oxygens (including phenoxy) is 1. The van der Waals surface area contributed by atoms with Gasteiger partial charge in [0.2, 0.25) is 11.8 Å². The molecule has 1 saturated heterocycles. The van der Waals surface area contributed by atoms with Gasteiger partial charge in [0.25, 0.3) is 0 Å². The summed E-state index contributed by atoms with van der Waals surface area (Å²) in [6.45, 7) is 4.17. The van der Waals surface area contributed by atoms with Gasteiger partial charge >= 0.3 is 0 Å². The first-order chi connectivity index (χ1) is 12.1. The van der Waals surface area contributed by atoms with Crippen molar-refractivity contribution in [2.24, 2.45) is 0 Å². The Labute approximate surface area is 173 Å². The third kappa shape index (κ3) is 8.79. The fraction of sp³-hybridized carbons (Fsp3) is 0.556. The van der Waals surface area contributed by atoms with Crippen LogP contribution in [0.25, 0.3) is 0 Å². The highest BCUT2D eigenvalue weighted by Crippen LogP contribution is 2.14. The first-order valence-electron chi connectivity index (χ1n) is 8.69. The average Bonchev–Trinajstić information content (AvgIpc) is 2.61. The zero-order valence-corrected chi connectivity index (χ0v) is 17.3. The van der Waals surface area contributed by atoms with E-state index in [9.17, 15) is 9.59 Å². The highest BCUT2D eigenvalue weighted by molar-refractivity contribution is 5.85. The van der Waals surface area contributed by atoms with E-state index in [0.29, 0.717) is 45.6 Å². The molecule has 1 aliphatic rings. The Morgan fingerprint density at radius 1 is 1.15 bits per heavy atom. The molecule has 1 aliphatic heterocycles. The monoisotopic (exact) mass is 420 g/mol. The quantitative estimate of drug-likeness (QED) is 0.482. The molecule has 0 unspecified atom stereocenters. The molecule has 27 heavy (non-hydrogen) atoms. The molecule has 0 aromatic heterocycles. The second-order valence-corrected chi connectivity index (χ2v) is 6.20. The maximum atomic E-state index is 12.4. The molecule has 154 valence electrons. The number of methoxy groups -OCH3 is 1. The third-order valence-electron chi connectivity index (χ3n) is 4.38. The van der Waals surface area contributed by atoms with Gasteiger partial charge in [-0.3, -0.25) is 14.5 Å². The van der Waals surface area contributed by atoms with Crippen LogP contribution in [0.4, 0.5) is 5.69 Å². The summed E-state index contributed by atoms with van der Waals surface area (Å²) in [5, 5.41) is 2.81. The van der Waals surface area contributed by atoms with Crippen LogP contribution in [0.1, 0.15) is 12.0 Å². The van der Waals surface area contributed by atoms with Gasteiger partial charge in [0.05, 0.1) is 13.2 Å². The normalized spacial score (nSPS) is 14.0. The van der Waals surface area contributed by atoms with E-state index in [-0.39, 0.29) is 36.6 Å². The lowest BCUT2D eigenvalue weighted by Gasteiger charge is -2.34. The van der Waals surface area contributed by atoms with E-state index >= 15 is 0 Å². The molecule has 3 N–H and O–H groups in total. The average molecular weight is 421 g/mol. The van der Waals surface area contributed by atoms with Crippen LogP contribution in [-0.4, -0.2) is 74.6 Å². The predicted octanol–water partition coefficient (Wildman–Crippen LogP) is 0.952. The number of hydrogen-bond donors (Lipinski definition) is 2. The van der Waals surface area contributed by atoms with E-state index in [2.05, 4.69) is 10.2 Å². The summed E-state index contributed by atoms with van der Waals surface area (Å²) in [7, 11) is 1.61. The predicted molar refractivity (Wildman–Crippen MR) is 112 cm³/mol. The number of nitrogen functional groups attached to an aromatic ring is 1. The number of rotatable bonds is 8. The molecule has 7 nitrogen and oxygen atoms in total. The van der Waals surface area contributed by atoms with Crippen LogP contribution in [0.2, 0.25) is 0 Å². The van der Waals surface area contributed by atoms with Gasteiger partial charge in [-0.05, 0) is 18.1 Å². The second-order valence-electron chi connectivity index (χ2n) is 6.20. The lowest BCUT2D eigenvalue weighted by Crippen LogP contribution is -2.51. The Morgan fingerprint density at radius 3 is 2.44 bits per heavy atom. The Balaban J connectivity index is 0.00000338. The summed E-state index contributed by atoms with van der Waals surface area (Å²) >= 11 is 0. The fourth-order valence-electron chi connectivity index (χ4n) is 2.87. The standard InChI is InChI=1S/C18H28N4O3.2ClH/c1-25-13-8-20-17(23)14-21-9-11-22(12-10-21)18(24)7-6-15-4-2-3-5-16(15)19;;/h2-5H,6-14,19H2,1H3,(H,20,23);2*1H. The fourth-order valence-corrected chi connectivity index (χ4v) is 2.87. The molecule has 0 aliphatic carbocycles. The van der Waals surface area contributed by atoms with Crippen LogP contribution in [-0.2, 0) is 20.7 Å². The van der Waals surface area contributed by atoms with Gasteiger partial charge in [-0.1, -0.05) is 18.2 Å². The van der Waals surface area contributed by atoms with Crippen molar-refractivity contribution < 1.29 is 14.3 Å². The summed E-state index contributed by atoms with van der Waals surface area (Å²) in [6, 6.07) is 7.65. The van der Waals surface area contributed by atoms with Crippen molar-refractivity contribution in [3.63, 3.8) is 0 Å². The number of nitrogens with zero attached hydrogens (tertiary/aromatic N) is 2. The molecule has 1 aromatic rings. The van der Waals surface area contributed by atoms with Crippen molar-refractivity contribution >= 4 is 42.3 Å². The number of carbonyl (C=O) groups excluding carboxylic acids is 2. The molecule has 2 rings (SSSR count). The summed E-state index contributed by atoms with van der Waals surface area (Å²) < 4.78 is 4.90. The van der Waals surface area contributed by atoms with E-state index < -0.39 is 0 Å². The van der Waals surface area contributed by atoms with Gasteiger partial charge in [0.1, 0.15) is 0 Å². The first kappa shape index (κ1) is 25.5. The number of anilines is 1. The minimum Gasteiger partial charge on any atom is -0.399 e. The van der Waals surface area contributed by atoms with Gasteiger partial charge in [0.15, 0.2) is 0 Å². The van der Waals surface area contributed by atoms with Crippen molar-refractivity contribution in [3.05, 3.63) is 29.8 Å². The smallest absolute Gasteiger partial charge is 0.234 e. The molecule has 0 spiro atoms. The van der Waals surface area contributed by atoms with Crippen LogP contribution in [0, 0.1) is 0 Å². The molecular weight excluding hydrogens is 391 g/mol. The van der Waals surface area contributed by atoms with Crippen molar-refractivity contribution in [3.8, 4) is 0 Å². The Hall–Kier alpha value is -1.54. The topological polar surface area (TPSA) is 87.9 Å². The molecule has 1 aromatic carbocycles. The number of aryl methyl sites for hydroxylation is 1. The zero-order valence-electron chi connectivity index (χ0n) is 15.7. The number of nitrogens with one attached hydrogen (secondary N) is 1.